The second kappa shape index (κ2) is 6.49. The summed E-state index contributed by atoms with van der Waals surface area (Å²) in [5.41, 5.74) is 2.81. The number of hydrogen-bond acceptors (Lipinski definition) is 4. The summed E-state index contributed by atoms with van der Waals surface area (Å²) in [5.74, 6) is -0.807. The third-order valence-electron chi connectivity index (χ3n) is 3.20. The highest BCUT2D eigenvalue weighted by atomic mass is 32.1. The maximum absolute atomic E-state index is 10.9. The first-order chi connectivity index (χ1) is 10.7. The van der Waals surface area contributed by atoms with E-state index in [2.05, 4.69) is 9.97 Å². The van der Waals surface area contributed by atoms with Gasteiger partial charge in [0.25, 0.3) is 0 Å². The quantitative estimate of drug-likeness (QED) is 0.770. The lowest BCUT2D eigenvalue weighted by molar-refractivity contribution is -0.136. The predicted molar refractivity (Wildman–Crippen MR) is 88.6 cm³/mol. The summed E-state index contributed by atoms with van der Waals surface area (Å²) in [4.78, 5) is 19.6. The Labute approximate surface area is 131 Å². The Bertz CT molecular complexity index is 792. The van der Waals surface area contributed by atoms with E-state index in [1.165, 1.54) is 0 Å². The lowest BCUT2D eigenvalue weighted by Gasteiger charge is -2.02. The molecule has 0 bridgehead atoms. The number of allylic oxidation sites excluding steroid dienone is 1. The zero-order chi connectivity index (χ0) is 15.4. The van der Waals surface area contributed by atoms with Crippen LogP contribution < -0.4 is 0 Å². The summed E-state index contributed by atoms with van der Waals surface area (Å²) in [6.45, 7) is 0. The van der Waals surface area contributed by atoms with Gasteiger partial charge in [-0.3, -0.25) is 9.78 Å². The number of carbonyl (C=O) groups is 1. The van der Waals surface area contributed by atoms with Crippen molar-refractivity contribution in [2.24, 2.45) is 0 Å². The van der Waals surface area contributed by atoms with Gasteiger partial charge in [-0.05, 0) is 41.8 Å². The molecule has 2 heterocycles. The van der Waals surface area contributed by atoms with Gasteiger partial charge in [0.2, 0.25) is 0 Å². The van der Waals surface area contributed by atoms with Crippen molar-refractivity contribution in [2.45, 2.75) is 12.8 Å². The molecule has 3 aromatic rings. The van der Waals surface area contributed by atoms with Gasteiger partial charge in [0.1, 0.15) is 5.01 Å². The van der Waals surface area contributed by atoms with Gasteiger partial charge in [0.15, 0.2) is 0 Å². The Balaban J connectivity index is 2.00. The third-order valence-corrected chi connectivity index (χ3v) is 4.31. The molecule has 4 nitrogen and oxygen atoms in total. The van der Waals surface area contributed by atoms with E-state index in [1.807, 2.05) is 42.5 Å². The number of nitrogens with zero attached hydrogens (tertiary/aromatic N) is 2. The third kappa shape index (κ3) is 3.38. The number of thiazole rings is 1. The molecule has 0 saturated heterocycles. The first kappa shape index (κ1) is 14.4. The molecule has 2 aromatic heterocycles. The minimum atomic E-state index is -0.807. The summed E-state index contributed by atoms with van der Waals surface area (Å²) in [5, 5.41) is 9.83. The van der Waals surface area contributed by atoms with Crippen LogP contribution in [0.15, 0.2) is 48.8 Å². The molecule has 0 aliphatic carbocycles. The molecule has 0 atom stereocenters. The number of aromatic nitrogens is 2. The lowest BCUT2D eigenvalue weighted by Crippen LogP contribution is -1.95. The van der Waals surface area contributed by atoms with Gasteiger partial charge in [0, 0.05) is 18.8 Å². The van der Waals surface area contributed by atoms with E-state index in [0.717, 1.165) is 26.4 Å². The van der Waals surface area contributed by atoms with Crippen LogP contribution in [0.25, 0.3) is 21.9 Å². The Morgan fingerprint density at radius 2 is 2.05 bits per heavy atom. The molecule has 1 aromatic carbocycles. The van der Waals surface area contributed by atoms with Gasteiger partial charge in [0.05, 0.1) is 10.2 Å². The van der Waals surface area contributed by atoms with Gasteiger partial charge < -0.3 is 5.11 Å². The first-order valence-corrected chi connectivity index (χ1v) is 7.72. The molecule has 0 unspecified atom stereocenters. The van der Waals surface area contributed by atoms with Crippen molar-refractivity contribution in [1.82, 2.24) is 9.97 Å². The minimum Gasteiger partial charge on any atom is -0.481 e. The first-order valence-electron chi connectivity index (χ1n) is 6.91. The Hall–Kier alpha value is -2.53. The lowest BCUT2D eigenvalue weighted by atomic mass is 10.1. The maximum atomic E-state index is 10.9. The summed E-state index contributed by atoms with van der Waals surface area (Å²) >= 11 is 1.58. The van der Waals surface area contributed by atoms with Gasteiger partial charge in [-0.2, -0.15) is 0 Å². The number of hydrogen-bond donors (Lipinski definition) is 1. The van der Waals surface area contributed by atoms with Crippen LogP contribution in [0, 0.1) is 0 Å². The van der Waals surface area contributed by atoms with Crippen molar-refractivity contribution < 1.29 is 9.90 Å². The molecule has 0 aliphatic heterocycles. The normalized spacial score (nSPS) is 11.7. The predicted octanol–water partition coefficient (Wildman–Crippen LogP) is 4.10. The van der Waals surface area contributed by atoms with Crippen molar-refractivity contribution >= 4 is 39.2 Å². The maximum Gasteiger partial charge on any atom is 0.303 e. The SMILES string of the molecule is O=C(O)CCC(=Cc1cccnc1)c1nc2ccccc2s1. The molecule has 3 rings (SSSR count). The van der Waals surface area contributed by atoms with Crippen LogP contribution in [0.3, 0.4) is 0 Å². The van der Waals surface area contributed by atoms with E-state index in [-0.39, 0.29) is 6.42 Å². The van der Waals surface area contributed by atoms with E-state index in [1.54, 1.807) is 23.7 Å². The molecule has 1 N–H and O–H groups in total. The number of para-hydroxylation sites is 1. The van der Waals surface area contributed by atoms with Crippen LogP contribution in [0.2, 0.25) is 0 Å². The van der Waals surface area contributed by atoms with Gasteiger partial charge in [-0.15, -0.1) is 11.3 Å². The number of carboxylic acids is 1. The van der Waals surface area contributed by atoms with Gasteiger partial charge in [-0.1, -0.05) is 18.2 Å². The molecule has 22 heavy (non-hydrogen) atoms. The topological polar surface area (TPSA) is 63.1 Å². The van der Waals surface area contributed by atoms with Crippen molar-refractivity contribution in [3.63, 3.8) is 0 Å². The van der Waals surface area contributed by atoms with E-state index in [0.29, 0.717) is 6.42 Å². The molecular formula is C17H14N2O2S. The molecule has 0 fully saturated rings. The van der Waals surface area contributed by atoms with Crippen molar-refractivity contribution in [3.05, 3.63) is 59.4 Å². The van der Waals surface area contributed by atoms with Crippen LogP contribution >= 0.6 is 11.3 Å². The number of fused-ring (bicyclic) bond motifs is 1. The number of aliphatic carboxylic acids is 1. The van der Waals surface area contributed by atoms with E-state index in [9.17, 15) is 4.79 Å². The molecule has 0 aliphatic rings. The Morgan fingerprint density at radius 3 is 2.77 bits per heavy atom. The van der Waals surface area contributed by atoms with E-state index < -0.39 is 5.97 Å². The zero-order valence-electron chi connectivity index (χ0n) is 11.8. The second-order valence-corrected chi connectivity index (χ2v) is 5.87. The number of carboxylic acid groups (broad SMARTS) is 1. The van der Waals surface area contributed by atoms with E-state index in [4.69, 9.17) is 5.11 Å². The summed E-state index contributed by atoms with van der Waals surface area (Å²) in [6, 6.07) is 11.7. The number of benzene rings is 1. The zero-order valence-corrected chi connectivity index (χ0v) is 12.6. The summed E-state index contributed by atoms with van der Waals surface area (Å²) < 4.78 is 1.10. The van der Waals surface area contributed by atoms with Crippen LogP contribution in [0.4, 0.5) is 0 Å². The fourth-order valence-electron chi connectivity index (χ4n) is 2.15. The minimum absolute atomic E-state index is 0.0853. The van der Waals surface area contributed by atoms with Crippen molar-refractivity contribution in [1.29, 1.82) is 0 Å². The molecule has 0 amide bonds. The highest BCUT2D eigenvalue weighted by molar-refractivity contribution is 7.19. The highest BCUT2D eigenvalue weighted by Crippen LogP contribution is 2.30. The average molecular weight is 310 g/mol. The average Bonchev–Trinajstić information content (AvgIpc) is 2.96. The molecular weight excluding hydrogens is 296 g/mol. The standard InChI is InChI=1S/C17H14N2O2S/c20-16(21)8-7-13(10-12-4-3-9-18-11-12)17-19-14-5-1-2-6-15(14)22-17/h1-6,9-11H,7-8H2,(H,20,21). The smallest absolute Gasteiger partial charge is 0.303 e. The monoisotopic (exact) mass is 310 g/mol. The fourth-order valence-corrected chi connectivity index (χ4v) is 3.16. The van der Waals surface area contributed by atoms with Crippen LogP contribution in [0.5, 0.6) is 0 Å². The molecule has 5 heteroatoms. The van der Waals surface area contributed by atoms with Crippen molar-refractivity contribution in [3.8, 4) is 0 Å². The summed E-state index contributed by atoms with van der Waals surface area (Å²) in [6.07, 6.45) is 5.97. The van der Waals surface area contributed by atoms with Crippen molar-refractivity contribution in [2.75, 3.05) is 0 Å². The molecule has 110 valence electrons. The van der Waals surface area contributed by atoms with Gasteiger partial charge >= 0.3 is 5.97 Å². The van der Waals surface area contributed by atoms with Gasteiger partial charge in [-0.25, -0.2) is 4.98 Å². The Kier molecular flexibility index (Phi) is 4.25. The largest absolute Gasteiger partial charge is 0.481 e. The second-order valence-electron chi connectivity index (χ2n) is 4.84. The molecule has 0 saturated carbocycles. The van der Waals surface area contributed by atoms with Crippen LogP contribution in [-0.2, 0) is 4.79 Å². The highest BCUT2D eigenvalue weighted by Gasteiger charge is 2.11. The number of rotatable bonds is 5. The molecule has 0 radical (unpaired) electrons. The Morgan fingerprint density at radius 1 is 1.18 bits per heavy atom. The molecule has 0 spiro atoms. The van der Waals surface area contributed by atoms with Crippen LogP contribution in [-0.4, -0.2) is 21.0 Å². The van der Waals surface area contributed by atoms with Crippen LogP contribution in [0.1, 0.15) is 23.4 Å². The van der Waals surface area contributed by atoms with E-state index >= 15 is 0 Å². The number of pyridine rings is 1. The summed E-state index contributed by atoms with van der Waals surface area (Å²) in [7, 11) is 0. The fraction of sp³-hybridized carbons (Fsp3) is 0.118.